The van der Waals surface area contributed by atoms with E-state index in [0.717, 1.165) is 17.8 Å². The van der Waals surface area contributed by atoms with Gasteiger partial charge in [-0.15, -0.1) is 11.3 Å². The molecule has 4 heteroatoms. The van der Waals surface area contributed by atoms with Gasteiger partial charge in [0.2, 0.25) is 5.91 Å². The molecule has 0 saturated heterocycles. The fourth-order valence-corrected chi connectivity index (χ4v) is 3.20. The number of hydrogen-bond donors (Lipinski definition) is 0. The average molecular weight is 336 g/mol. The normalized spacial score (nSPS) is 11.6. The molecule has 0 spiro atoms. The van der Waals surface area contributed by atoms with Crippen molar-refractivity contribution in [2.24, 2.45) is 4.99 Å². The Bertz CT molecular complexity index is 860. The average Bonchev–Trinajstić information content (AvgIpc) is 3.03. The molecule has 0 radical (unpaired) electrons. The second kappa shape index (κ2) is 7.88. The molecule has 0 bridgehead atoms. The van der Waals surface area contributed by atoms with Crippen molar-refractivity contribution in [3.63, 3.8) is 0 Å². The third-order valence-electron chi connectivity index (χ3n) is 3.82. The van der Waals surface area contributed by atoms with Crippen LogP contribution in [-0.4, -0.2) is 10.5 Å². The van der Waals surface area contributed by atoms with E-state index in [1.165, 1.54) is 28.0 Å². The van der Waals surface area contributed by atoms with E-state index in [-0.39, 0.29) is 5.91 Å². The molecule has 0 aliphatic rings. The fraction of sp³-hybridized carbons (Fsp3) is 0.200. The van der Waals surface area contributed by atoms with Gasteiger partial charge in [0, 0.05) is 24.5 Å². The minimum absolute atomic E-state index is 0.0704. The van der Waals surface area contributed by atoms with Crippen LogP contribution in [0.4, 0.5) is 0 Å². The molecule has 0 aliphatic heterocycles. The number of carbonyl (C=O) groups excluding carboxylic acids is 1. The standard InChI is InChI=1S/C20H20N2OS/c1-16-7-9-18(10-8-16)15-22-13-14-24-20(22)21-19(23)12-11-17-5-3-2-4-6-17/h2-10,13-14H,11-12,15H2,1H3. The molecule has 0 N–H and O–H groups in total. The van der Waals surface area contributed by atoms with Gasteiger partial charge in [0.05, 0.1) is 0 Å². The van der Waals surface area contributed by atoms with Gasteiger partial charge in [0.25, 0.3) is 0 Å². The smallest absolute Gasteiger partial charge is 0.248 e. The topological polar surface area (TPSA) is 34.4 Å². The number of carbonyl (C=O) groups is 1. The van der Waals surface area contributed by atoms with Gasteiger partial charge >= 0.3 is 0 Å². The Hall–Kier alpha value is -2.46. The summed E-state index contributed by atoms with van der Waals surface area (Å²) in [6.45, 7) is 2.81. The van der Waals surface area contributed by atoms with Gasteiger partial charge in [-0.25, -0.2) is 0 Å². The van der Waals surface area contributed by atoms with Crippen molar-refractivity contribution in [2.75, 3.05) is 0 Å². The molecule has 1 heterocycles. The third kappa shape index (κ3) is 4.52. The minimum atomic E-state index is -0.0704. The van der Waals surface area contributed by atoms with Gasteiger partial charge < -0.3 is 4.57 Å². The molecule has 1 aromatic heterocycles. The molecule has 122 valence electrons. The van der Waals surface area contributed by atoms with E-state index in [2.05, 4.69) is 36.2 Å². The van der Waals surface area contributed by atoms with Crippen molar-refractivity contribution < 1.29 is 4.79 Å². The van der Waals surface area contributed by atoms with Gasteiger partial charge in [0.1, 0.15) is 0 Å². The van der Waals surface area contributed by atoms with Crippen molar-refractivity contribution >= 4 is 17.2 Å². The monoisotopic (exact) mass is 336 g/mol. The van der Waals surface area contributed by atoms with Gasteiger partial charge in [0.15, 0.2) is 4.80 Å². The highest BCUT2D eigenvalue weighted by molar-refractivity contribution is 7.07. The Morgan fingerprint density at radius 3 is 2.54 bits per heavy atom. The van der Waals surface area contributed by atoms with Crippen LogP contribution >= 0.6 is 11.3 Å². The van der Waals surface area contributed by atoms with Gasteiger partial charge in [-0.3, -0.25) is 4.79 Å². The summed E-state index contributed by atoms with van der Waals surface area (Å²) in [5, 5.41) is 1.97. The second-order valence-electron chi connectivity index (χ2n) is 5.79. The van der Waals surface area contributed by atoms with Crippen molar-refractivity contribution in [3.8, 4) is 0 Å². The Labute approximate surface area is 145 Å². The van der Waals surface area contributed by atoms with Crippen LogP contribution in [0.2, 0.25) is 0 Å². The highest BCUT2D eigenvalue weighted by atomic mass is 32.1. The number of aryl methyl sites for hydroxylation is 2. The van der Waals surface area contributed by atoms with Crippen molar-refractivity contribution in [2.45, 2.75) is 26.3 Å². The quantitative estimate of drug-likeness (QED) is 0.694. The summed E-state index contributed by atoms with van der Waals surface area (Å²) in [6.07, 6.45) is 3.15. The predicted molar refractivity (Wildman–Crippen MR) is 97.9 cm³/mol. The minimum Gasteiger partial charge on any atom is -0.319 e. The maximum atomic E-state index is 12.2. The van der Waals surface area contributed by atoms with E-state index in [4.69, 9.17) is 0 Å². The van der Waals surface area contributed by atoms with Crippen LogP contribution in [-0.2, 0) is 17.8 Å². The van der Waals surface area contributed by atoms with Crippen LogP contribution in [0.3, 0.4) is 0 Å². The number of aromatic nitrogens is 1. The number of rotatable bonds is 5. The van der Waals surface area contributed by atoms with Gasteiger partial charge in [-0.2, -0.15) is 4.99 Å². The first-order valence-corrected chi connectivity index (χ1v) is 8.89. The maximum absolute atomic E-state index is 12.2. The zero-order valence-electron chi connectivity index (χ0n) is 13.7. The number of nitrogens with zero attached hydrogens (tertiary/aromatic N) is 2. The number of benzene rings is 2. The van der Waals surface area contributed by atoms with Crippen LogP contribution in [0.15, 0.2) is 71.2 Å². The molecule has 0 fully saturated rings. The summed E-state index contributed by atoms with van der Waals surface area (Å²) in [5.74, 6) is -0.0704. The molecule has 2 aromatic carbocycles. The molecule has 0 aliphatic carbocycles. The summed E-state index contributed by atoms with van der Waals surface area (Å²) in [7, 11) is 0. The zero-order valence-corrected chi connectivity index (χ0v) is 14.5. The van der Waals surface area contributed by atoms with Crippen LogP contribution in [0.25, 0.3) is 0 Å². The van der Waals surface area contributed by atoms with E-state index in [1.807, 2.05) is 46.5 Å². The Kier molecular flexibility index (Phi) is 5.39. The first-order valence-electron chi connectivity index (χ1n) is 8.02. The molecule has 24 heavy (non-hydrogen) atoms. The van der Waals surface area contributed by atoms with E-state index >= 15 is 0 Å². The first-order chi connectivity index (χ1) is 11.7. The van der Waals surface area contributed by atoms with E-state index in [9.17, 15) is 4.79 Å². The molecule has 1 amide bonds. The molecule has 3 aromatic rings. The van der Waals surface area contributed by atoms with Crippen molar-refractivity contribution in [1.29, 1.82) is 0 Å². The lowest BCUT2D eigenvalue weighted by Gasteiger charge is -2.04. The number of amides is 1. The Morgan fingerprint density at radius 2 is 1.79 bits per heavy atom. The fourth-order valence-electron chi connectivity index (χ4n) is 2.46. The summed E-state index contributed by atoms with van der Waals surface area (Å²) in [5.41, 5.74) is 3.62. The van der Waals surface area contributed by atoms with E-state index in [0.29, 0.717) is 6.42 Å². The van der Waals surface area contributed by atoms with Crippen LogP contribution < -0.4 is 4.80 Å². The van der Waals surface area contributed by atoms with Crippen LogP contribution in [0.1, 0.15) is 23.1 Å². The zero-order chi connectivity index (χ0) is 16.8. The molecule has 3 nitrogen and oxygen atoms in total. The molecule has 0 unspecified atom stereocenters. The highest BCUT2D eigenvalue weighted by Gasteiger charge is 2.03. The maximum Gasteiger partial charge on any atom is 0.248 e. The van der Waals surface area contributed by atoms with E-state index < -0.39 is 0 Å². The first kappa shape index (κ1) is 16.4. The Balaban J connectivity index is 1.68. The number of thiazole rings is 1. The van der Waals surface area contributed by atoms with Crippen LogP contribution in [0, 0.1) is 6.92 Å². The molecular formula is C20H20N2OS. The van der Waals surface area contributed by atoms with Crippen LogP contribution in [0.5, 0.6) is 0 Å². The second-order valence-corrected chi connectivity index (χ2v) is 6.66. The van der Waals surface area contributed by atoms with Gasteiger partial charge in [-0.1, -0.05) is 60.2 Å². The molecule has 0 atom stereocenters. The lowest BCUT2D eigenvalue weighted by Crippen LogP contribution is -2.17. The van der Waals surface area contributed by atoms with E-state index in [1.54, 1.807) is 0 Å². The summed E-state index contributed by atoms with van der Waals surface area (Å²) >= 11 is 1.50. The molecular weight excluding hydrogens is 316 g/mol. The van der Waals surface area contributed by atoms with Gasteiger partial charge in [-0.05, 0) is 24.5 Å². The van der Waals surface area contributed by atoms with Crippen molar-refractivity contribution in [1.82, 2.24) is 4.57 Å². The lowest BCUT2D eigenvalue weighted by atomic mass is 10.1. The summed E-state index contributed by atoms with van der Waals surface area (Å²) in [4.78, 5) is 17.2. The Morgan fingerprint density at radius 1 is 1.04 bits per heavy atom. The number of hydrogen-bond acceptors (Lipinski definition) is 2. The third-order valence-corrected chi connectivity index (χ3v) is 4.62. The largest absolute Gasteiger partial charge is 0.319 e. The SMILES string of the molecule is Cc1ccc(Cn2ccsc2=NC(=O)CCc2ccccc2)cc1. The summed E-state index contributed by atoms with van der Waals surface area (Å²) in [6, 6.07) is 18.5. The molecule has 0 saturated carbocycles. The van der Waals surface area contributed by atoms with Crippen molar-refractivity contribution in [3.05, 3.63) is 87.7 Å². The predicted octanol–water partition coefficient (Wildman–Crippen LogP) is 3.97. The lowest BCUT2D eigenvalue weighted by molar-refractivity contribution is -0.118. The summed E-state index contributed by atoms with van der Waals surface area (Å²) < 4.78 is 2.02. The highest BCUT2D eigenvalue weighted by Crippen LogP contribution is 2.06. The molecule has 3 rings (SSSR count).